The number of Topliss-reactive ketones (excluding diaryl/α,β-unsaturated/α-hetero) is 1. The molecule has 1 rings (SSSR count). The van der Waals surface area contributed by atoms with Gasteiger partial charge in [-0.3, -0.25) is 9.59 Å². The van der Waals surface area contributed by atoms with Crippen molar-refractivity contribution in [1.29, 1.82) is 0 Å². The Morgan fingerprint density at radius 3 is 2.29 bits per heavy atom. The quantitative estimate of drug-likeness (QED) is 0.652. The number of carbonyl (C=O) groups excluding carboxylic acids is 2. The first-order valence-corrected chi connectivity index (χ1v) is 5.08. The molecule has 0 radical (unpaired) electrons. The van der Waals surface area contributed by atoms with E-state index in [9.17, 15) is 9.59 Å². The second kappa shape index (κ2) is 3.37. The fourth-order valence-electron chi connectivity index (χ4n) is 1.91. The molecule has 0 aromatic heterocycles. The number of hydrogen-bond acceptors (Lipinski definition) is 3. The average Bonchev–Trinajstić information content (AvgIpc) is 1.98. The van der Waals surface area contributed by atoms with Crippen LogP contribution in [0.5, 0.6) is 0 Å². The smallest absolute Gasteiger partial charge is 0.311 e. The lowest BCUT2D eigenvalue weighted by molar-refractivity contribution is -0.199. The van der Waals surface area contributed by atoms with Crippen molar-refractivity contribution in [3.8, 4) is 0 Å². The Labute approximate surface area is 84.8 Å². The highest BCUT2D eigenvalue weighted by Crippen LogP contribution is 2.39. The van der Waals surface area contributed by atoms with Crippen LogP contribution in [0, 0.1) is 5.41 Å². The molecule has 0 unspecified atom stereocenters. The monoisotopic (exact) mass is 198 g/mol. The highest BCUT2D eigenvalue weighted by atomic mass is 16.6. The van der Waals surface area contributed by atoms with Crippen LogP contribution in [-0.4, -0.2) is 17.4 Å². The molecule has 0 aromatic carbocycles. The van der Waals surface area contributed by atoms with Crippen LogP contribution in [0.3, 0.4) is 0 Å². The number of esters is 1. The normalized spacial score (nSPS) is 26.7. The van der Waals surface area contributed by atoms with Crippen LogP contribution in [0.25, 0.3) is 0 Å². The third-order valence-corrected chi connectivity index (χ3v) is 2.49. The molecule has 0 amide bonds. The SMILES string of the molecule is CCC[C@]1(C(=O)C(C)(C)C)CC(=O)O1. The van der Waals surface area contributed by atoms with Crippen molar-refractivity contribution in [3.05, 3.63) is 0 Å². The van der Waals surface area contributed by atoms with E-state index in [1.165, 1.54) is 0 Å². The number of hydrogen-bond donors (Lipinski definition) is 0. The number of ketones is 1. The molecule has 1 aliphatic heterocycles. The van der Waals surface area contributed by atoms with Gasteiger partial charge in [-0.2, -0.15) is 0 Å². The molecule has 1 atom stereocenters. The van der Waals surface area contributed by atoms with E-state index in [2.05, 4.69) is 0 Å². The zero-order valence-electron chi connectivity index (χ0n) is 9.35. The molecule has 1 heterocycles. The van der Waals surface area contributed by atoms with Gasteiger partial charge in [-0.05, 0) is 6.42 Å². The number of ether oxygens (including phenoxy) is 1. The molecular weight excluding hydrogens is 180 g/mol. The third kappa shape index (κ3) is 1.81. The van der Waals surface area contributed by atoms with Gasteiger partial charge in [0, 0.05) is 5.41 Å². The molecule has 1 fully saturated rings. The molecule has 1 aliphatic rings. The Morgan fingerprint density at radius 2 is 2.00 bits per heavy atom. The maximum atomic E-state index is 12.0. The molecule has 0 bridgehead atoms. The van der Waals surface area contributed by atoms with Gasteiger partial charge in [0.2, 0.25) is 0 Å². The lowest BCUT2D eigenvalue weighted by Gasteiger charge is -2.42. The van der Waals surface area contributed by atoms with Gasteiger partial charge >= 0.3 is 5.97 Å². The summed E-state index contributed by atoms with van der Waals surface area (Å²) in [6.45, 7) is 7.57. The lowest BCUT2D eigenvalue weighted by atomic mass is 9.74. The Hall–Kier alpha value is -0.860. The molecule has 80 valence electrons. The second-order valence-electron chi connectivity index (χ2n) is 4.97. The summed E-state index contributed by atoms with van der Waals surface area (Å²) >= 11 is 0. The van der Waals surface area contributed by atoms with Crippen molar-refractivity contribution in [1.82, 2.24) is 0 Å². The molecule has 0 N–H and O–H groups in total. The van der Waals surface area contributed by atoms with Crippen molar-refractivity contribution in [2.75, 3.05) is 0 Å². The van der Waals surface area contributed by atoms with E-state index in [0.717, 1.165) is 6.42 Å². The lowest BCUT2D eigenvalue weighted by Crippen LogP contribution is -2.57. The average molecular weight is 198 g/mol. The molecule has 0 aliphatic carbocycles. The summed E-state index contributed by atoms with van der Waals surface area (Å²) in [5.41, 5.74) is -1.24. The minimum atomic E-state index is -0.802. The summed E-state index contributed by atoms with van der Waals surface area (Å²) in [6, 6.07) is 0. The van der Waals surface area contributed by atoms with E-state index in [1.807, 2.05) is 27.7 Å². The van der Waals surface area contributed by atoms with Gasteiger partial charge in [0.15, 0.2) is 11.4 Å². The Kier molecular flexibility index (Phi) is 2.70. The van der Waals surface area contributed by atoms with Crippen LogP contribution in [-0.2, 0) is 14.3 Å². The third-order valence-electron chi connectivity index (χ3n) is 2.49. The summed E-state index contributed by atoms with van der Waals surface area (Å²) in [7, 11) is 0. The molecule has 1 saturated heterocycles. The topological polar surface area (TPSA) is 43.4 Å². The van der Waals surface area contributed by atoms with Crippen LogP contribution in [0.15, 0.2) is 0 Å². The maximum absolute atomic E-state index is 12.0. The van der Waals surface area contributed by atoms with E-state index >= 15 is 0 Å². The summed E-state index contributed by atoms with van der Waals surface area (Å²) in [4.78, 5) is 22.9. The van der Waals surface area contributed by atoms with Crippen molar-refractivity contribution in [2.45, 2.75) is 52.6 Å². The van der Waals surface area contributed by atoms with E-state index < -0.39 is 11.0 Å². The van der Waals surface area contributed by atoms with Gasteiger partial charge in [0.05, 0.1) is 6.42 Å². The van der Waals surface area contributed by atoms with Gasteiger partial charge in [-0.1, -0.05) is 34.1 Å². The molecule has 14 heavy (non-hydrogen) atoms. The fraction of sp³-hybridized carbons (Fsp3) is 0.818. The van der Waals surface area contributed by atoms with E-state index in [-0.39, 0.29) is 18.2 Å². The number of carbonyl (C=O) groups is 2. The first kappa shape index (κ1) is 11.2. The summed E-state index contributed by atoms with van der Waals surface area (Å²) in [5, 5.41) is 0. The molecule has 0 spiro atoms. The van der Waals surface area contributed by atoms with Gasteiger partial charge < -0.3 is 4.74 Å². The number of cyclic esters (lactones) is 1. The molecule has 3 nitrogen and oxygen atoms in total. The first-order valence-electron chi connectivity index (χ1n) is 5.08. The van der Waals surface area contributed by atoms with Crippen LogP contribution >= 0.6 is 0 Å². The van der Waals surface area contributed by atoms with E-state index in [4.69, 9.17) is 4.74 Å². The molecular formula is C11H18O3. The predicted octanol–water partition coefficient (Wildman–Crippen LogP) is 2.09. The zero-order valence-corrected chi connectivity index (χ0v) is 9.35. The second-order valence-corrected chi connectivity index (χ2v) is 4.97. The predicted molar refractivity (Wildman–Crippen MR) is 52.8 cm³/mol. The van der Waals surface area contributed by atoms with Gasteiger partial charge in [-0.25, -0.2) is 0 Å². The Balaban J connectivity index is 2.80. The number of rotatable bonds is 3. The minimum Gasteiger partial charge on any atom is -0.450 e. The standard InChI is InChI=1S/C11H18O3/c1-5-6-11(7-8(12)14-11)9(13)10(2,3)4/h5-7H2,1-4H3/t11-/m1/s1. The van der Waals surface area contributed by atoms with E-state index in [0.29, 0.717) is 6.42 Å². The fourth-order valence-corrected chi connectivity index (χ4v) is 1.91. The minimum absolute atomic E-state index is 0.0476. The van der Waals surface area contributed by atoms with Crippen molar-refractivity contribution in [3.63, 3.8) is 0 Å². The highest BCUT2D eigenvalue weighted by Gasteiger charge is 2.54. The Morgan fingerprint density at radius 1 is 1.50 bits per heavy atom. The van der Waals surface area contributed by atoms with Crippen LogP contribution < -0.4 is 0 Å². The van der Waals surface area contributed by atoms with Crippen molar-refractivity contribution < 1.29 is 14.3 Å². The molecule has 3 heteroatoms. The first-order chi connectivity index (χ1) is 6.32. The van der Waals surface area contributed by atoms with E-state index in [1.54, 1.807) is 0 Å². The van der Waals surface area contributed by atoms with Crippen molar-refractivity contribution in [2.24, 2.45) is 5.41 Å². The summed E-state index contributed by atoms with van der Waals surface area (Å²) < 4.78 is 5.07. The van der Waals surface area contributed by atoms with Gasteiger partial charge in [-0.15, -0.1) is 0 Å². The van der Waals surface area contributed by atoms with Gasteiger partial charge in [0.25, 0.3) is 0 Å². The maximum Gasteiger partial charge on any atom is 0.311 e. The Bertz CT molecular complexity index is 252. The summed E-state index contributed by atoms with van der Waals surface area (Å²) in [6.07, 6.45) is 1.76. The van der Waals surface area contributed by atoms with Gasteiger partial charge in [0.1, 0.15) is 0 Å². The largest absolute Gasteiger partial charge is 0.450 e. The summed E-state index contributed by atoms with van der Waals surface area (Å²) in [5.74, 6) is -0.206. The zero-order chi connectivity index (χ0) is 11.0. The van der Waals surface area contributed by atoms with Crippen LogP contribution in [0.4, 0.5) is 0 Å². The van der Waals surface area contributed by atoms with Crippen LogP contribution in [0.1, 0.15) is 47.0 Å². The van der Waals surface area contributed by atoms with Crippen LogP contribution in [0.2, 0.25) is 0 Å². The van der Waals surface area contributed by atoms with Crippen molar-refractivity contribution >= 4 is 11.8 Å². The molecule has 0 aromatic rings. The molecule has 0 saturated carbocycles. The highest BCUT2D eigenvalue weighted by molar-refractivity contribution is 6.00.